The summed E-state index contributed by atoms with van der Waals surface area (Å²) in [4.78, 5) is 11.3. The fraction of sp³-hybridized carbons (Fsp3) is 0.562. The molecule has 0 amide bonds. The zero-order valence-corrected chi connectivity index (χ0v) is 11.8. The van der Waals surface area contributed by atoms with Crippen LogP contribution in [0.4, 0.5) is 0 Å². The second kappa shape index (κ2) is 6.75. The van der Waals surface area contributed by atoms with Crippen molar-refractivity contribution in [2.45, 2.75) is 38.7 Å². The largest absolute Gasteiger partial charge is 0.494 e. The lowest BCUT2D eigenvalue weighted by molar-refractivity contribution is -0.147. The lowest BCUT2D eigenvalue weighted by atomic mass is 9.74. The summed E-state index contributed by atoms with van der Waals surface area (Å²) in [6.07, 6.45) is 2.64. The first-order chi connectivity index (χ1) is 9.63. The maximum Gasteiger partial charge on any atom is 0.306 e. The Hall–Kier alpha value is -1.55. The standard InChI is InChI=1S/C16H22O4/c1-2-20-12-9-7-11(8-10-12)15(17)13-5-3-4-6-14(13)16(18)19/h7-10,13-15,17H,2-6H2,1H3,(H,18,19). The van der Waals surface area contributed by atoms with Crippen molar-refractivity contribution in [2.24, 2.45) is 11.8 Å². The van der Waals surface area contributed by atoms with E-state index >= 15 is 0 Å². The average molecular weight is 278 g/mol. The predicted molar refractivity (Wildman–Crippen MR) is 75.7 cm³/mol. The quantitative estimate of drug-likeness (QED) is 0.869. The maximum atomic E-state index is 11.3. The van der Waals surface area contributed by atoms with E-state index < -0.39 is 18.0 Å². The molecule has 0 aromatic heterocycles. The van der Waals surface area contributed by atoms with E-state index in [1.807, 2.05) is 31.2 Å². The summed E-state index contributed by atoms with van der Waals surface area (Å²) >= 11 is 0. The van der Waals surface area contributed by atoms with E-state index in [2.05, 4.69) is 0 Å². The molecule has 1 aliphatic rings. The van der Waals surface area contributed by atoms with Crippen LogP contribution in [0.25, 0.3) is 0 Å². The Balaban J connectivity index is 2.12. The molecule has 3 atom stereocenters. The van der Waals surface area contributed by atoms with Gasteiger partial charge in [-0.25, -0.2) is 0 Å². The lowest BCUT2D eigenvalue weighted by Crippen LogP contribution is -2.31. The van der Waals surface area contributed by atoms with E-state index in [0.29, 0.717) is 13.0 Å². The normalized spacial score (nSPS) is 24.1. The van der Waals surface area contributed by atoms with Gasteiger partial charge in [-0.3, -0.25) is 4.79 Å². The monoisotopic (exact) mass is 278 g/mol. The molecule has 1 saturated carbocycles. The van der Waals surface area contributed by atoms with E-state index in [1.54, 1.807) is 0 Å². The van der Waals surface area contributed by atoms with Crippen LogP contribution in [0.2, 0.25) is 0 Å². The SMILES string of the molecule is CCOc1ccc(C(O)C2CCCCC2C(=O)O)cc1. The molecule has 4 heteroatoms. The zero-order chi connectivity index (χ0) is 14.5. The molecular formula is C16H22O4. The Morgan fingerprint density at radius 3 is 2.55 bits per heavy atom. The van der Waals surface area contributed by atoms with Gasteiger partial charge in [-0.15, -0.1) is 0 Å². The van der Waals surface area contributed by atoms with E-state index in [0.717, 1.165) is 30.6 Å². The van der Waals surface area contributed by atoms with Crippen LogP contribution in [0.1, 0.15) is 44.3 Å². The fourth-order valence-corrected chi connectivity index (χ4v) is 3.02. The Morgan fingerprint density at radius 1 is 1.30 bits per heavy atom. The maximum absolute atomic E-state index is 11.3. The topological polar surface area (TPSA) is 66.8 Å². The number of aliphatic carboxylic acids is 1. The second-order valence-corrected chi connectivity index (χ2v) is 5.34. The number of benzene rings is 1. The molecule has 1 aromatic carbocycles. The van der Waals surface area contributed by atoms with Crippen molar-refractivity contribution < 1.29 is 19.7 Å². The second-order valence-electron chi connectivity index (χ2n) is 5.34. The number of hydrogen-bond donors (Lipinski definition) is 2. The summed E-state index contributed by atoms with van der Waals surface area (Å²) in [6.45, 7) is 2.52. The third-order valence-corrected chi connectivity index (χ3v) is 4.07. The van der Waals surface area contributed by atoms with Gasteiger partial charge in [-0.05, 0) is 37.5 Å². The lowest BCUT2D eigenvalue weighted by Gasteiger charge is -2.32. The predicted octanol–water partition coefficient (Wildman–Crippen LogP) is 3.01. The van der Waals surface area contributed by atoms with E-state index in [-0.39, 0.29) is 5.92 Å². The number of hydrogen-bond acceptors (Lipinski definition) is 3. The van der Waals surface area contributed by atoms with E-state index in [4.69, 9.17) is 4.74 Å². The molecule has 1 fully saturated rings. The number of aliphatic hydroxyl groups is 1. The van der Waals surface area contributed by atoms with Crippen LogP contribution < -0.4 is 4.74 Å². The minimum absolute atomic E-state index is 0.195. The number of carbonyl (C=O) groups is 1. The minimum Gasteiger partial charge on any atom is -0.494 e. The molecular weight excluding hydrogens is 256 g/mol. The van der Waals surface area contributed by atoms with Crippen molar-refractivity contribution in [3.63, 3.8) is 0 Å². The van der Waals surface area contributed by atoms with Crippen molar-refractivity contribution in [1.29, 1.82) is 0 Å². The zero-order valence-electron chi connectivity index (χ0n) is 11.8. The molecule has 0 bridgehead atoms. The summed E-state index contributed by atoms with van der Waals surface area (Å²) in [5.41, 5.74) is 0.770. The summed E-state index contributed by atoms with van der Waals surface area (Å²) < 4.78 is 5.37. The molecule has 3 unspecified atom stereocenters. The number of rotatable bonds is 5. The first-order valence-electron chi connectivity index (χ1n) is 7.27. The first-order valence-corrected chi connectivity index (χ1v) is 7.27. The van der Waals surface area contributed by atoms with Gasteiger partial charge in [0.25, 0.3) is 0 Å². The molecule has 110 valence electrons. The highest BCUT2D eigenvalue weighted by molar-refractivity contribution is 5.70. The van der Waals surface area contributed by atoms with Gasteiger partial charge >= 0.3 is 5.97 Å². The fourth-order valence-electron chi connectivity index (χ4n) is 3.02. The van der Waals surface area contributed by atoms with Crippen LogP contribution in [-0.2, 0) is 4.79 Å². The average Bonchev–Trinajstić information content (AvgIpc) is 2.47. The Bertz CT molecular complexity index is 440. The van der Waals surface area contributed by atoms with Crippen molar-refractivity contribution >= 4 is 5.97 Å². The van der Waals surface area contributed by atoms with Crippen LogP contribution in [0.15, 0.2) is 24.3 Å². The van der Waals surface area contributed by atoms with Crippen LogP contribution in [-0.4, -0.2) is 22.8 Å². The first kappa shape index (κ1) is 14.9. The molecule has 2 rings (SSSR count). The molecule has 2 N–H and O–H groups in total. The summed E-state index contributed by atoms with van der Waals surface area (Å²) in [5.74, 6) is -0.661. The van der Waals surface area contributed by atoms with Crippen LogP contribution in [0.5, 0.6) is 5.75 Å². The van der Waals surface area contributed by atoms with Crippen LogP contribution in [0, 0.1) is 11.8 Å². The molecule has 0 heterocycles. The Kier molecular flexibility index (Phi) is 5.01. The molecule has 0 saturated heterocycles. The van der Waals surface area contributed by atoms with Crippen molar-refractivity contribution in [3.05, 3.63) is 29.8 Å². The van der Waals surface area contributed by atoms with Crippen LogP contribution in [0.3, 0.4) is 0 Å². The van der Waals surface area contributed by atoms with Gasteiger partial charge in [0.05, 0.1) is 18.6 Å². The molecule has 0 aliphatic heterocycles. The van der Waals surface area contributed by atoms with Gasteiger partial charge in [0.15, 0.2) is 0 Å². The smallest absolute Gasteiger partial charge is 0.306 e. The molecule has 1 aromatic rings. The number of ether oxygens (including phenoxy) is 1. The van der Waals surface area contributed by atoms with Crippen molar-refractivity contribution in [1.82, 2.24) is 0 Å². The molecule has 0 spiro atoms. The Labute approximate surface area is 119 Å². The number of carboxylic acid groups (broad SMARTS) is 1. The van der Waals surface area contributed by atoms with Gasteiger partial charge in [-0.1, -0.05) is 25.0 Å². The van der Waals surface area contributed by atoms with Crippen molar-refractivity contribution in [3.8, 4) is 5.75 Å². The third kappa shape index (κ3) is 3.31. The van der Waals surface area contributed by atoms with E-state index in [1.165, 1.54) is 0 Å². The number of aliphatic hydroxyl groups excluding tert-OH is 1. The van der Waals surface area contributed by atoms with Gasteiger partial charge in [0.1, 0.15) is 5.75 Å². The molecule has 0 radical (unpaired) electrons. The Morgan fingerprint density at radius 2 is 1.95 bits per heavy atom. The summed E-state index contributed by atoms with van der Waals surface area (Å²) in [7, 11) is 0. The van der Waals surface area contributed by atoms with Gasteiger partial charge in [0.2, 0.25) is 0 Å². The van der Waals surface area contributed by atoms with Gasteiger partial charge < -0.3 is 14.9 Å². The highest BCUT2D eigenvalue weighted by Crippen LogP contribution is 2.39. The van der Waals surface area contributed by atoms with Gasteiger partial charge in [0, 0.05) is 5.92 Å². The van der Waals surface area contributed by atoms with Gasteiger partial charge in [-0.2, -0.15) is 0 Å². The summed E-state index contributed by atoms with van der Waals surface area (Å²) in [5, 5.41) is 19.8. The third-order valence-electron chi connectivity index (χ3n) is 4.07. The molecule has 20 heavy (non-hydrogen) atoms. The highest BCUT2D eigenvalue weighted by atomic mass is 16.5. The molecule has 1 aliphatic carbocycles. The van der Waals surface area contributed by atoms with E-state index in [9.17, 15) is 15.0 Å². The van der Waals surface area contributed by atoms with Crippen molar-refractivity contribution in [2.75, 3.05) is 6.61 Å². The summed E-state index contributed by atoms with van der Waals surface area (Å²) in [6, 6.07) is 7.29. The van der Waals surface area contributed by atoms with Crippen LogP contribution >= 0.6 is 0 Å². The minimum atomic E-state index is -0.792. The highest BCUT2D eigenvalue weighted by Gasteiger charge is 2.35. The molecule has 4 nitrogen and oxygen atoms in total. The number of carboxylic acids is 1.